The summed E-state index contributed by atoms with van der Waals surface area (Å²) in [5.74, 6) is 2.18. The molecule has 3 N–H and O–H groups in total. The number of hydrogen-bond donors (Lipinski definition) is 2. The summed E-state index contributed by atoms with van der Waals surface area (Å²) < 4.78 is 16.1. The highest BCUT2D eigenvalue weighted by Gasteiger charge is 2.15. The Bertz CT molecular complexity index is 672. The Morgan fingerprint density at radius 3 is 2.54 bits per heavy atom. The number of methoxy groups -OCH3 is 3. The molecule has 0 radical (unpaired) electrons. The maximum atomic E-state index is 5.92. The Kier molecular flexibility index (Phi) is 6.74. The van der Waals surface area contributed by atoms with Crippen LogP contribution in [0.2, 0.25) is 0 Å². The van der Waals surface area contributed by atoms with Gasteiger partial charge in [-0.2, -0.15) is 0 Å². The van der Waals surface area contributed by atoms with E-state index in [-0.39, 0.29) is 0 Å². The van der Waals surface area contributed by atoms with Crippen molar-refractivity contribution in [2.45, 2.75) is 13.0 Å². The molecule has 1 heterocycles. The fraction of sp³-hybridized carbons (Fsp3) is 0.353. The minimum absolute atomic E-state index is 0.390. The van der Waals surface area contributed by atoms with Gasteiger partial charge in [0, 0.05) is 17.0 Å². The molecular formula is C17H23N3O3S. The lowest BCUT2D eigenvalue weighted by atomic mass is 10.1. The summed E-state index contributed by atoms with van der Waals surface area (Å²) in [6, 6.07) is 7.87. The zero-order valence-electron chi connectivity index (χ0n) is 14.2. The fourth-order valence-electron chi connectivity index (χ4n) is 2.28. The third-order valence-corrected chi connectivity index (χ3v) is 4.40. The van der Waals surface area contributed by atoms with Crippen LogP contribution < -0.4 is 25.3 Å². The number of aliphatic imine (C=N–C) groups is 1. The van der Waals surface area contributed by atoms with Gasteiger partial charge in [-0.25, -0.2) is 4.99 Å². The van der Waals surface area contributed by atoms with Gasteiger partial charge in [0.15, 0.2) is 17.5 Å². The third-order valence-electron chi connectivity index (χ3n) is 3.46. The van der Waals surface area contributed by atoms with Crippen LogP contribution in [0.3, 0.4) is 0 Å². The average Bonchev–Trinajstić information content (AvgIpc) is 3.12. The number of ether oxygens (including phenoxy) is 3. The van der Waals surface area contributed by atoms with Crippen LogP contribution in [0.25, 0.3) is 0 Å². The molecule has 0 fully saturated rings. The van der Waals surface area contributed by atoms with Crippen LogP contribution in [0.1, 0.15) is 10.4 Å². The van der Waals surface area contributed by atoms with Crippen LogP contribution in [0.4, 0.5) is 0 Å². The molecule has 0 aliphatic rings. The first-order valence-electron chi connectivity index (χ1n) is 7.53. The average molecular weight is 349 g/mol. The molecule has 24 heavy (non-hydrogen) atoms. The molecular weight excluding hydrogens is 326 g/mol. The van der Waals surface area contributed by atoms with Crippen molar-refractivity contribution in [3.05, 3.63) is 40.1 Å². The zero-order chi connectivity index (χ0) is 17.4. The van der Waals surface area contributed by atoms with Gasteiger partial charge in [-0.05, 0) is 30.0 Å². The van der Waals surface area contributed by atoms with E-state index in [1.165, 1.54) is 4.88 Å². The molecule has 0 saturated heterocycles. The van der Waals surface area contributed by atoms with Crippen molar-refractivity contribution in [3.63, 3.8) is 0 Å². The topological polar surface area (TPSA) is 78.1 Å². The molecule has 7 heteroatoms. The van der Waals surface area contributed by atoms with Crippen molar-refractivity contribution < 1.29 is 14.2 Å². The predicted molar refractivity (Wildman–Crippen MR) is 97.5 cm³/mol. The van der Waals surface area contributed by atoms with E-state index in [2.05, 4.69) is 21.8 Å². The largest absolute Gasteiger partial charge is 0.493 e. The summed E-state index contributed by atoms with van der Waals surface area (Å²) in [4.78, 5) is 5.68. The number of benzene rings is 1. The maximum absolute atomic E-state index is 5.92. The molecule has 130 valence electrons. The molecule has 0 bridgehead atoms. The molecule has 0 unspecified atom stereocenters. The van der Waals surface area contributed by atoms with E-state index >= 15 is 0 Å². The Morgan fingerprint density at radius 1 is 1.12 bits per heavy atom. The summed E-state index contributed by atoms with van der Waals surface area (Å²) in [5, 5.41) is 5.18. The van der Waals surface area contributed by atoms with Crippen molar-refractivity contribution in [1.29, 1.82) is 0 Å². The van der Waals surface area contributed by atoms with Gasteiger partial charge in [-0.1, -0.05) is 6.07 Å². The lowest BCUT2D eigenvalue weighted by molar-refractivity contribution is 0.322. The highest BCUT2D eigenvalue weighted by Crippen LogP contribution is 2.39. The van der Waals surface area contributed by atoms with Crippen LogP contribution >= 0.6 is 11.3 Å². The summed E-state index contributed by atoms with van der Waals surface area (Å²) in [6.07, 6.45) is 0.924. The predicted octanol–water partition coefficient (Wildman–Crippen LogP) is 2.42. The van der Waals surface area contributed by atoms with Crippen molar-refractivity contribution in [3.8, 4) is 17.2 Å². The Morgan fingerprint density at radius 2 is 1.92 bits per heavy atom. The van der Waals surface area contributed by atoms with Gasteiger partial charge >= 0.3 is 0 Å². The molecule has 6 nitrogen and oxygen atoms in total. The fourth-order valence-corrected chi connectivity index (χ4v) is 2.99. The van der Waals surface area contributed by atoms with Gasteiger partial charge in [0.05, 0.1) is 27.9 Å². The van der Waals surface area contributed by atoms with Gasteiger partial charge in [0.1, 0.15) is 0 Å². The first kappa shape index (κ1) is 17.9. The standard InChI is InChI=1S/C17H23N3O3S/c1-21-14-7-6-12(15(22-2)16(14)23-3)11-20-17(18)19-9-8-13-5-4-10-24-13/h4-7,10H,8-9,11H2,1-3H3,(H3,18,19,20). The van der Waals surface area contributed by atoms with Crippen LogP contribution in [-0.4, -0.2) is 33.8 Å². The van der Waals surface area contributed by atoms with E-state index in [1.807, 2.05) is 18.2 Å². The summed E-state index contributed by atoms with van der Waals surface area (Å²) >= 11 is 1.73. The van der Waals surface area contributed by atoms with E-state index in [0.29, 0.717) is 29.8 Å². The van der Waals surface area contributed by atoms with Crippen LogP contribution in [0.15, 0.2) is 34.6 Å². The second-order valence-corrected chi connectivity index (χ2v) is 5.98. The van der Waals surface area contributed by atoms with Crippen LogP contribution in [0.5, 0.6) is 17.2 Å². The van der Waals surface area contributed by atoms with E-state index in [9.17, 15) is 0 Å². The molecule has 0 saturated carbocycles. The lowest BCUT2D eigenvalue weighted by Gasteiger charge is -2.15. The minimum atomic E-state index is 0.390. The summed E-state index contributed by atoms with van der Waals surface area (Å²) in [7, 11) is 4.76. The van der Waals surface area contributed by atoms with E-state index < -0.39 is 0 Å². The molecule has 0 aliphatic carbocycles. The van der Waals surface area contributed by atoms with Gasteiger partial charge in [-0.3, -0.25) is 0 Å². The third kappa shape index (κ3) is 4.55. The first-order chi connectivity index (χ1) is 11.7. The second kappa shape index (κ2) is 9.02. The molecule has 2 rings (SSSR count). The zero-order valence-corrected chi connectivity index (χ0v) is 15.0. The normalized spacial score (nSPS) is 11.2. The summed E-state index contributed by atoms with van der Waals surface area (Å²) in [5.41, 5.74) is 6.80. The number of thiophene rings is 1. The lowest BCUT2D eigenvalue weighted by Crippen LogP contribution is -2.33. The number of hydrogen-bond acceptors (Lipinski definition) is 5. The first-order valence-corrected chi connectivity index (χ1v) is 8.41. The van der Waals surface area contributed by atoms with Gasteiger partial charge in [-0.15, -0.1) is 11.3 Å². The highest BCUT2D eigenvalue weighted by atomic mass is 32.1. The van der Waals surface area contributed by atoms with E-state index in [0.717, 1.165) is 18.5 Å². The van der Waals surface area contributed by atoms with Gasteiger partial charge in [0.2, 0.25) is 5.75 Å². The Balaban J connectivity index is 1.99. The maximum Gasteiger partial charge on any atom is 0.203 e. The molecule has 0 spiro atoms. The molecule has 2 aromatic rings. The van der Waals surface area contributed by atoms with Crippen LogP contribution in [0, 0.1) is 0 Å². The van der Waals surface area contributed by atoms with Crippen molar-refractivity contribution in [2.75, 3.05) is 27.9 Å². The highest BCUT2D eigenvalue weighted by molar-refractivity contribution is 7.09. The minimum Gasteiger partial charge on any atom is -0.493 e. The van der Waals surface area contributed by atoms with Crippen molar-refractivity contribution >= 4 is 17.3 Å². The Labute approximate surface area is 146 Å². The van der Waals surface area contributed by atoms with Crippen molar-refractivity contribution in [2.24, 2.45) is 10.7 Å². The molecule has 1 aromatic heterocycles. The van der Waals surface area contributed by atoms with Gasteiger partial charge < -0.3 is 25.3 Å². The quantitative estimate of drug-likeness (QED) is 0.565. The molecule has 0 amide bonds. The van der Waals surface area contributed by atoms with E-state index in [4.69, 9.17) is 19.9 Å². The monoisotopic (exact) mass is 349 g/mol. The number of nitrogens with two attached hydrogens (primary N) is 1. The van der Waals surface area contributed by atoms with Gasteiger partial charge in [0.25, 0.3) is 0 Å². The number of nitrogens with zero attached hydrogens (tertiary/aromatic N) is 1. The SMILES string of the molecule is COc1ccc(CN=C(N)NCCc2cccs2)c(OC)c1OC. The number of guanidine groups is 1. The van der Waals surface area contributed by atoms with E-state index in [1.54, 1.807) is 32.7 Å². The molecule has 0 aliphatic heterocycles. The molecule has 1 aromatic carbocycles. The summed E-state index contributed by atoms with van der Waals surface area (Å²) in [6.45, 7) is 1.14. The number of nitrogens with one attached hydrogen (secondary N) is 1. The van der Waals surface area contributed by atoms with Crippen LogP contribution in [-0.2, 0) is 13.0 Å². The molecule has 0 atom stereocenters. The van der Waals surface area contributed by atoms with Crippen molar-refractivity contribution in [1.82, 2.24) is 5.32 Å². The second-order valence-electron chi connectivity index (χ2n) is 4.95. The Hall–Kier alpha value is -2.41. The smallest absolute Gasteiger partial charge is 0.203 e. The number of rotatable bonds is 8.